The van der Waals surface area contributed by atoms with E-state index in [2.05, 4.69) is 12.1 Å². The molecule has 4 rings (SSSR count). The Hall–Kier alpha value is -2.42. The predicted octanol–water partition coefficient (Wildman–Crippen LogP) is 4.92. The fourth-order valence-electron chi connectivity index (χ4n) is 4.93. The second-order valence-electron chi connectivity index (χ2n) is 8.34. The van der Waals surface area contributed by atoms with E-state index in [-0.39, 0.29) is 11.8 Å². The maximum absolute atomic E-state index is 13.1. The Morgan fingerprint density at radius 1 is 0.857 bits per heavy atom. The van der Waals surface area contributed by atoms with Crippen LogP contribution in [0.15, 0.2) is 60.7 Å². The molecule has 2 aliphatic rings. The van der Waals surface area contributed by atoms with Crippen molar-refractivity contribution in [3.8, 4) is 0 Å². The lowest BCUT2D eigenvalue weighted by atomic mass is 9.73. The number of rotatable bonds is 6. The van der Waals surface area contributed by atoms with Gasteiger partial charge in [0.25, 0.3) is 0 Å². The molecule has 0 radical (unpaired) electrons. The van der Waals surface area contributed by atoms with Gasteiger partial charge in [-0.05, 0) is 49.1 Å². The van der Waals surface area contributed by atoms with Crippen LogP contribution in [-0.4, -0.2) is 17.4 Å². The lowest BCUT2D eigenvalue weighted by Gasteiger charge is -2.43. The molecule has 0 amide bonds. The molecule has 1 aliphatic heterocycles. The molecule has 2 atom stereocenters. The van der Waals surface area contributed by atoms with E-state index in [1.165, 1.54) is 5.56 Å². The lowest BCUT2D eigenvalue weighted by Crippen LogP contribution is -2.52. The number of carbonyl (C=O) groups excluding carboxylic acids is 2. The second kappa shape index (κ2) is 8.30. The molecule has 0 bridgehead atoms. The SMILES string of the molecule is O=C1CC(CCc2ccccc2)(C2CCCC2)OC(=O)C1Cc1ccccc1. The molecule has 2 unspecified atom stereocenters. The van der Waals surface area contributed by atoms with E-state index < -0.39 is 11.5 Å². The van der Waals surface area contributed by atoms with Crippen molar-refractivity contribution in [2.24, 2.45) is 11.8 Å². The summed E-state index contributed by atoms with van der Waals surface area (Å²) in [5.74, 6) is -0.615. The first-order valence-electron chi connectivity index (χ1n) is 10.5. The summed E-state index contributed by atoms with van der Waals surface area (Å²) in [5.41, 5.74) is 1.62. The number of cyclic esters (lactones) is 1. The summed E-state index contributed by atoms with van der Waals surface area (Å²) in [6, 6.07) is 20.0. The van der Waals surface area contributed by atoms with Crippen molar-refractivity contribution in [3.63, 3.8) is 0 Å². The number of esters is 1. The number of carbonyl (C=O) groups is 2. The average molecular weight is 376 g/mol. The maximum Gasteiger partial charge on any atom is 0.317 e. The summed E-state index contributed by atoms with van der Waals surface area (Å²) in [4.78, 5) is 26.0. The minimum atomic E-state index is -0.659. The first kappa shape index (κ1) is 18.9. The third kappa shape index (κ3) is 4.04. The molecule has 0 spiro atoms. The van der Waals surface area contributed by atoms with E-state index in [4.69, 9.17) is 4.74 Å². The molecule has 0 N–H and O–H groups in total. The molecule has 1 heterocycles. The highest BCUT2D eigenvalue weighted by Gasteiger charge is 2.51. The molecule has 1 saturated heterocycles. The van der Waals surface area contributed by atoms with Gasteiger partial charge in [0.15, 0.2) is 5.78 Å². The van der Waals surface area contributed by atoms with E-state index >= 15 is 0 Å². The highest BCUT2D eigenvalue weighted by atomic mass is 16.6. The summed E-state index contributed by atoms with van der Waals surface area (Å²) in [5, 5.41) is 0. The first-order chi connectivity index (χ1) is 13.7. The van der Waals surface area contributed by atoms with Gasteiger partial charge in [0.05, 0.1) is 0 Å². The van der Waals surface area contributed by atoms with Crippen LogP contribution in [-0.2, 0) is 27.2 Å². The summed E-state index contributed by atoms with van der Waals surface area (Å²) in [7, 11) is 0. The number of aryl methyl sites for hydroxylation is 1. The third-order valence-electron chi connectivity index (χ3n) is 6.51. The zero-order valence-electron chi connectivity index (χ0n) is 16.3. The van der Waals surface area contributed by atoms with Gasteiger partial charge in [0.2, 0.25) is 0 Å². The van der Waals surface area contributed by atoms with Crippen LogP contribution in [0.1, 0.15) is 49.7 Å². The Balaban J connectivity index is 1.52. The number of benzene rings is 2. The molecule has 3 heteroatoms. The van der Waals surface area contributed by atoms with E-state index in [1.54, 1.807) is 0 Å². The molecule has 28 heavy (non-hydrogen) atoms. The molecule has 3 nitrogen and oxygen atoms in total. The molecule has 2 fully saturated rings. The lowest BCUT2D eigenvalue weighted by molar-refractivity contribution is -0.185. The van der Waals surface area contributed by atoms with Crippen LogP contribution < -0.4 is 0 Å². The van der Waals surface area contributed by atoms with Gasteiger partial charge in [-0.2, -0.15) is 0 Å². The van der Waals surface area contributed by atoms with Gasteiger partial charge in [-0.1, -0.05) is 73.5 Å². The van der Waals surface area contributed by atoms with Gasteiger partial charge in [-0.25, -0.2) is 0 Å². The number of hydrogen-bond donors (Lipinski definition) is 0. The van der Waals surface area contributed by atoms with Gasteiger partial charge in [0, 0.05) is 6.42 Å². The van der Waals surface area contributed by atoms with Crippen molar-refractivity contribution in [1.82, 2.24) is 0 Å². The van der Waals surface area contributed by atoms with Gasteiger partial charge in [-0.3, -0.25) is 9.59 Å². The Morgan fingerprint density at radius 2 is 1.46 bits per heavy atom. The van der Waals surface area contributed by atoms with Crippen LogP contribution in [0.25, 0.3) is 0 Å². The molecular weight excluding hydrogens is 348 g/mol. The Labute approximate surface area is 167 Å². The molecular formula is C25H28O3. The average Bonchev–Trinajstić information content (AvgIpc) is 3.26. The van der Waals surface area contributed by atoms with Crippen molar-refractivity contribution in [2.45, 2.75) is 57.0 Å². The zero-order valence-corrected chi connectivity index (χ0v) is 16.3. The highest BCUT2D eigenvalue weighted by Crippen LogP contribution is 2.45. The minimum Gasteiger partial charge on any atom is -0.458 e. The Bertz CT molecular complexity index is 788. The maximum atomic E-state index is 13.1. The molecule has 0 aromatic heterocycles. The summed E-state index contributed by atoms with van der Waals surface area (Å²) in [6.07, 6.45) is 6.81. The zero-order chi connectivity index (χ0) is 19.4. The van der Waals surface area contributed by atoms with Crippen LogP contribution in [0.3, 0.4) is 0 Å². The van der Waals surface area contributed by atoms with Crippen molar-refractivity contribution >= 4 is 11.8 Å². The molecule has 1 saturated carbocycles. The summed E-state index contributed by atoms with van der Waals surface area (Å²) < 4.78 is 6.18. The first-order valence-corrected chi connectivity index (χ1v) is 10.5. The number of ketones is 1. The van der Waals surface area contributed by atoms with Crippen LogP contribution in [0, 0.1) is 11.8 Å². The van der Waals surface area contributed by atoms with Gasteiger partial charge in [0.1, 0.15) is 11.5 Å². The topological polar surface area (TPSA) is 43.4 Å². The molecule has 2 aromatic rings. The van der Waals surface area contributed by atoms with Crippen LogP contribution in [0.2, 0.25) is 0 Å². The normalized spacial score (nSPS) is 25.6. The van der Waals surface area contributed by atoms with E-state index in [9.17, 15) is 9.59 Å². The van der Waals surface area contributed by atoms with Gasteiger partial charge >= 0.3 is 5.97 Å². The highest BCUT2D eigenvalue weighted by molar-refractivity contribution is 6.01. The molecule has 2 aromatic carbocycles. The van der Waals surface area contributed by atoms with E-state index in [1.807, 2.05) is 48.5 Å². The van der Waals surface area contributed by atoms with E-state index in [0.717, 1.165) is 44.1 Å². The van der Waals surface area contributed by atoms with Crippen LogP contribution >= 0.6 is 0 Å². The quantitative estimate of drug-likeness (QED) is 0.531. The van der Waals surface area contributed by atoms with Crippen molar-refractivity contribution < 1.29 is 14.3 Å². The monoisotopic (exact) mass is 376 g/mol. The smallest absolute Gasteiger partial charge is 0.317 e. The molecule has 1 aliphatic carbocycles. The van der Waals surface area contributed by atoms with Crippen molar-refractivity contribution in [2.75, 3.05) is 0 Å². The van der Waals surface area contributed by atoms with Crippen LogP contribution in [0.4, 0.5) is 0 Å². The predicted molar refractivity (Wildman–Crippen MR) is 109 cm³/mol. The minimum absolute atomic E-state index is 0.0556. The molecule has 146 valence electrons. The van der Waals surface area contributed by atoms with Gasteiger partial charge < -0.3 is 4.74 Å². The van der Waals surface area contributed by atoms with Crippen LogP contribution in [0.5, 0.6) is 0 Å². The Morgan fingerprint density at radius 3 is 2.07 bits per heavy atom. The number of Topliss-reactive ketones (excluding diaryl/α,β-unsaturated/α-hetero) is 1. The summed E-state index contributed by atoms with van der Waals surface area (Å²) in [6.45, 7) is 0. The number of ether oxygens (including phenoxy) is 1. The Kier molecular flexibility index (Phi) is 5.61. The van der Waals surface area contributed by atoms with E-state index in [0.29, 0.717) is 18.8 Å². The van der Waals surface area contributed by atoms with Gasteiger partial charge in [-0.15, -0.1) is 0 Å². The largest absolute Gasteiger partial charge is 0.458 e. The standard InChI is InChI=1S/C25H28O3/c26-23-18-25(21-13-7-8-14-21,16-15-19-9-3-1-4-10-19)28-24(27)22(23)17-20-11-5-2-6-12-20/h1-6,9-12,21-22H,7-8,13-18H2. The third-order valence-corrected chi connectivity index (χ3v) is 6.51. The second-order valence-corrected chi connectivity index (χ2v) is 8.34. The number of hydrogen-bond acceptors (Lipinski definition) is 3. The van der Waals surface area contributed by atoms with Crippen molar-refractivity contribution in [1.29, 1.82) is 0 Å². The summed E-state index contributed by atoms with van der Waals surface area (Å²) >= 11 is 0. The fraction of sp³-hybridized carbons (Fsp3) is 0.440. The van der Waals surface area contributed by atoms with Crippen molar-refractivity contribution in [3.05, 3.63) is 71.8 Å². The fourth-order valence-corrected chi connectivity index (χ4v) is 4.93.